The van der Waals surface area contributed by atoms with Gasteiger partial charge in [0, 0.05) is 18.5 Å². The maximum Gasteiger partial charge on any atom is 0.394 e. The van der Waals surface area contributed by atoms with E-state index in [2.05, 4.69) is 5.16 Å². The zero-order chi connectivity index (χ0) is 15.6. The Hall–Kier alpha value is -1.65. The number of nitrogens with one attached hydrogen (secondary N) is 1. The van der Waals surface area contributed by atoms with Crippen LogP contribution in [0.4, 0.5) is 0 Å². The zero-order valence-corrected chi connectivity index (χ0v) is 12.1. The van der Waals surface area contributed by atoms with Crippen molar-refractivity contribution in [1.29, 1.82) is 5.41 Å². The quantitative estimate of drug-likeness (QED) is 0.356. The van der Waals surface area contributed by atoms with Crippen molar-refractivity contribution in [2.75, 3.05) is 6.54 Å². The molecule has 10 heteroatoms. The molecule has 0 spiro atoms. The van der Waals surface area contributed by atoms with Crippen molar-refractivity contribution in [2.45, 2.75) is 37.6 Å². The lowest BCUT2D eigenvalue weighted by molar-refractivity contribution is 0.289. The van der Waals surface area contributed by atoms with E-state index >= 15 is 0 Å². The fourth-order valence-corrected chi connectivity index (χ4v) is 2.38. The Morgan fingerprint density at radius 1 is 1.43 bits per heavy atom. The smallest absolute Gasteiger partial charge is 0.370 e. The zero-order valence-electron chi connectivity index (χ0n) is 11.3. The molecule has 1 aliphatic heterocycles. The first-order valence-corrected chi connectivity index (χ1v) is 7.92. The lowest BCUT2D eigenvalue weighted by Crippen LogP contribution is -2.35. The van der Waals surface area contributed by atoms with Gasteiger partial charge in [0.15, 0.2) is 11.7 Å². The first-order chi connectivity index (χ1) is 9.75. The van der Waals surface area contributed by atoms with E-state index < -0.39 is 10.4 Å². The number of aromatic nitrogens is 1. The Morgan fingerprint density at radius 3 is 2.57 bits per heavy atom. The summed E-state index contributed by atoms with van der Waals surface area (Å²) in [7, 11) is -4.67. The van der Waals surface area contributed by atoms with Crippen LogP contribution in [0.25, 0.3) is 0 Å². The molecule has 1 saturated carbocycles. The van der Waals surface area contributed by atoms with Gasteiger partial charge in [-0.2, -0.15) is 8.42 Å². The number of nitrogens with two attached hydrogens (primary N) is 1. The second-order valence-corrected chi connectivity index (χ2v) is 6.01. The highest BCUT2D eigenvalue weighted by Gasteiger charge is 2.33. The maximum absolute atomic E-state index is 8.74. The van der Waals surface area contributed by atoms with Gasteiger partial charge in [-0.3, -0.25) is 14.5 Å². The van der Waals surface area contributed by atoms with Crippen LogP contribution in [0, 0.1) is 5.41 Å². The van der Waals surface area contributed by atoms with E-state index in [0.29, 0.717) is 5.92 Å². The van der Waals surface area contributed by atoms with E-state index in [1.165, 1.54) is 12.8 Å². The molecule has 1 aromatic heterocycles. The van der Waals surface area contributed by atoms with Crippen LogP contribution in [0.1, 0.15) is 49.1 Å². The molecular formula is C11H18N4O5S. The first-order valence-electron chi connectivity index (χ1n) is 6.52. The summed E-state index contributed by atoms with van der Waals surface area (Å²) in [5.41, 5.74) is 6.63. The fraction of sp³-hybridized carbons (Fsp3) is 0.636. The SMILES string of the molecule is N=C(N)N1CCCC1c1cc(C2CC2)no1.O=S(=O)(O)O. The first kappa shape index (κ1) is 15.7. The van der Waals surface area contributed by atoms with Gasteiger partial charge < -0.3 is 15.2 Å². The molecule has 3 rings (SSSR count). The molecule has 1 atom stereocenters. The molecule has 1 saturated heterocycles. The number of guanidine groups is 1. The summed E-state index contributed by atoms with van der Waals surface area (Å²) < 4.78 is 37.0. The molecular weight excluding hydrogens is 300 g/mol. The van der Waals surface area contributed by atoms with Gasteiger partial charge in [0.1, 0.15) is 0 Å². The highest BCUT2D eigenvalue weighted by atomic mass is 32.3. The second kappa shape index (κ2) is 6.00. The minimum absolute atomic E-state index is 0.123. The summed E-state index contributed by atoms with van der Waals surface area (Å²) in [6.45, 7) is 0.847. The van der Waals surface area contributed by atoms with Crippen molar-refractivity contribution >= 4 is 16.4 Å². The van der Waals surface area contributed by atoms with Crippen molar-refractivity contribution in [1.82, 2.24) is 10.1 Å². The number of likely N-dealkylation sites (tertiary alicyclic amines) is 1. The average Bonchev–Trinajstić information content (AvgIpc) is 2.91. The molecule has 1 aliphatic carbocycles. The van der Waals surface area contributed by atoms with Crippen LogP contribution >= 0.6 is 0 Å². The minimum atomic E-state index is -4.67. The molecule has 2 fully saturated rings. The van der Waals surface area contributed by atoms with Crippen LogP contribution in [0.15, 0.2) is 10.6 Å². The van der Waals surface area contributed by atoms with Gasteiger partial charge in [-0.1, -0.05) is 5.16 Å². The number of nitrogens with zero attached hydrogens (tertiary/aromatic N) is 2. The van der Waals surface area contributed by atoms with Gasteiger partial charge in [-0.15, -0.1) is 0 Å². The van der Waals surface area contributed by atoms with Crippen LogP contribution in [-0.2, 0) is 10.4 Å². The Kier molecular flexibility index (Phi) is 4.49. The predicted octanol–water partition coefficient (Wildman–Crippen LogP) is 0.930. The molecule has 0 bridgehead atoms. The Morgan fingerprint density at radius 2 is 2.05 bits per heavy atom. The summed E-state index contributed by atoms with van der Waals surface area (Å²) >= 11 is 0. The predicted molar refractivity (Wildman–Crippen MR) is 73.3 cm³/mol. The van der Waals surface area contributed by atoms with Crippen molar-refractivity contribution in [3.05, 3.63) is 17.5 Å². The van der Waals surface area contributed by atoms with E-state index in [-0.39, 0.29) is 12.0 Å². The van der Waals surface area contributed by atoms with Gasteiger partial charge in [0.2, 0.25) is 0 Å². The van der Waals surface area contributed by atoms with Gasteiger partial charge in [0.05, 0.1) is 11.7 Å². The Balaban J connectivity index is 0.000000282. The molecule has 1 unspecified atom stereocenters. The summed E-state index contributed by atoms with van der Waals surface area (Å²) in [5, 5.41) is 11.6. The lowest BCUT2D eigenvalue weighted by atomic mass is 10.1. The maximum atomic E-state index is 8.74. The lowest BCUT2D eigenvalue weighted by Gasteiger charge is -2.21. The normalized spacial score (nSPS) is 21.8. The fourth-order valence-electron chi connectivity index (χ4n) is 2.38. The van der Waals surface area contributed by atoms with Crippen molar-refractivity contribution < 1.29 is 22.0 Å². The molecule has 0 radical (unpaired) electrons. The van der Waals surface area contributed by atoms with Gasteiger partial charge in [-0.05, 0) is 25.7 Å². The van der Waals surface area contributed by atoms with E-state index in [0.717, 1.165) is 30.8 Å². The summed E-state index contributed by atoms with van der Waals surface area (Å²) in [5.74, 6) is 1.62. The summed E-state index contributed by atoms with van der Waals surface area (Å²) in [6.07, 6.45) is 4.52. The second-order valence-electron chi connectivity index (χ2n) is 5.11. The van der Waals surface area contributed by atoms with E-state index in [4.69, 9.17) is 33.2 Å². The van der Waals surface area contributed by atoms with Crippen molar-refractivity contribution in [2.24, 2.45) is 5.73 Å². The number of hydrogen-bond acceptors (Lipinski definition) is 5. The summed E-state index contributed by atoms with van der Waals surface area (Å²) in [6, 6.07) is 2.17. The van der Waals surface area contributed by atoms with Gasteiger partial charge in [0.25, 0.3) is 0 Å². The van der Waals surface area contributed by atoms with Crippen LogP contribution < -0.4 is 5.73 Å². The van der Waals surface area contributed by atoms with Gasteiger partial charge in [-0.25, -0.2) is 0 Å². The van der Waals surface area contributed by atoms with E-state index in [9.17, 15) is 0 Å². The molecule has 118 valence electrons. The number of hydrogen-bond donors (Lipinski definition) is 4. The highest BCUT2D eigenvalue weighted by molar-refractivity contribution is 7.79. The third-order valence-electron chi connectivity index (χ3n) is 3.43. The van der Waals surface area contributed by atoms with Crippen LogP contribution in [0.2, 0.25) is 0 Å². The van der Waals surface area contributed by atoms with Crippen LogP contribution in [-0.4, -0.2) is 40.1 Å². The van der Waals surface area contributed by atoms with E-state index in [1.54, 1.807) is 0 Å². The molecule has 2 aliphatic rings. The monoisotopic (exact) mass is 318 g/mol. The Bertz CT molecular complexity index is 602. The van der Waals surface area contributed by atoms with Crippen molar-refractivity contribution in [3.8, 4) is 0 Å². The molecule has 0 amide bonds. The third kappa shape index (κ3) is 4.69. The molecule has 0 aromatic carbocycles. The van der Waals surface area contributed by atoms with Crippen molar-refractivity contribution in [3.63, 3.8) is 0 Å². The highest BCUT2D eigenvalue weighted by Crippen LogP contribution is 2.41. The molecule has 5 N–H and O–H groups in total. The Labute approximate surface area is 122 Å². The largest absolute Gasteiger partial charge is 0.394 e. The van der Waals surface area contributed by atoms with Crippen LogP contribution in [0.3, 0.4) is 0 Å². The van der Waals surface area contributed by atoms with E-state index in [1.807, 2.05) is 11.0 Å². The topological polar surface area (TPSA) is 154 Å². The minimum Gasteiger partial charge on any atom is -0.370 e. The number of rotatable bonds is 2. The molecule has 1 aromatic rings. The third-order valence-corrected chi connectivity index (χ3v) is 3.43. The summed E-state index contributed by atoms with van der Waals surface area (Å²) in [4.78, 5) is 1.89. The molecule has 2 heterocycles. The average molecular weight is 318 g/mol. The van der Waals surface area contributed by atoms with Crippen LogP contribution in [0.5, 0.6) is 0 Å². The van der Waals surface area contributed by atoms with Gasteiger partial charge >= 0.3 is 10.4 Å². The molecule has 21 heavy (non-hydrogen) atoms. The molecule has 9 nitrogen and oxygen atoms in total. The standard InChI is InChI=1S/C11H16N4O.H2O4S/c12-11(13)15-5-1-2-9(15)10-6-8(14-16-10)7-3-4-7;1-5(2,3)4/h6-7,9H,1-5H2,(H3,12,13);(H2,1,2,3,4).